The molecule has 0 radical (unpaired) electrons. The molecule has 0 saturated carbocycles. The molecule has 0 saturated heterocycles. The molecule has 11 heavy (non-hydrogen) atoms. The van der Waals surface area contributed by atoms with E-state index in [0.717, 1.165) is 13.1 Å². The predicted molar refractivity (Wildman–Crippen MR) is 48.6 cm³/mol. The van der Waals surface area contributed by atoms with Crippen molar-refractivity contribution in [2.45, 2.75) is 33.7 Å². The van der Waals surface area contributed by atoms with Crippen LogP contribution in [-0.4, -0.2) is 35.7 Å². The van der Waals surface area contributed by atoms with Gasteiger partial charge in [-0.3, -0.25) is 4.90 Å². The Kier molecular flexibility index (Phi) is 5.51. The van der Waals surface area contributed by atoms with Crippen molar-refractivity contribution in [3.05, 3.63) is 0 Å². The van der Waals surface area contributed by atoms with Crippen LogP contribution in [0.15, 0.2) is 0 Å². The van der Waals surface area contributed by atoms with Gasteiger partial charge in [0, 0.05) is 19.1 Å². The molecule has 0 aromatic carbocycles. The van der Waals surface area contributed by atoms with Gasteiger partial charge in [0.15, 0.2) is 0 Å². The summed E-state index contributed by atoms with van der Waals surface area (Å²) in [7, 11) is 0. The summed E-state index contributed by atoms with van der Waals surface area (Å²) in [5.41, 5.74) is 0. The maximum Gasteiger partial charge on any atom is 0.0558 e. The van der Waals surface area contributed by atoms with Crippen molar-refractivity contribution in [3.8, 4) is 0 Å². The molecular formula is C9H21NO. The molecular weight excluding hydrogens is 138 g/mol. The van der Waals surface area contributed by atoms with Crippen LogP contribution in [0, 0.1) is 5.92 Å². The summed E-state index contributed by atoms with van der Waals surface area (Å²) in [6.45, 7) is 10.9. The fraction of sp³-hybridized carbons (Fsp3) is 1.00. The third kappa shape index (κ3) is 5.22. The Morgan fingerprint density at radius 2 is 1.73 bits per heavy atom. The summed E-state index contributed by atoms with van der Waals surface area (Å²) in [5, 5.41) is 8.76. The molecule has 1 N–H and O–H groups in total. The van der Waals surface area contributed by atoms with Crippen LogP contribution in [0.2, 0.25) is 0 Å². The molecule has 0 rings (SSSR count). The molecule has 0 unspecified atom stereocenters. The van der Waals surface area contributed by atoms with E-state index in [9.17, 15) is 0 Å². The highest BCUT2D eigenvalue weighted by Crippen LogP contribution is 2.02. The van der Waals surface area contributed by atoms with Crippen LogP contribution in [0.3, 0.4) is 0 Å². The Labute approximate surface area is 70.2 Å². The molecule has 0 aliphatic heterocycles. The molecule has 0 spiro atoms. The molecule has 0 atom stereocenters. The molecule has 0 heterocycles. The second kappa shape index (κ2) is 5.56. The number of rotatable bonds is 5. The standard InChI is InChI=1S/C9H21NO/c1-8(2)7-10(5-6-11)9(3)4/h8-9,11H,5-7H2,1-4H3. The Bertz CT molecular complexity index is 91.6. The van der Waals surface area contributed by atoms with Gasteiger partial charge in [-0.1, -0.05) is 13.8 Å². The minimum absolute atomic E-state index is 0.269. The quantitative estimate of drug-likeness (QED) is 0.654. The molecule has 0 aliphatic carbocycles. The average Bonchev–Trinajstić information content (AvgIpc) is 1.86. The van der Waals surface area contributed by atoms with E-state index in [1.54, 1.807) is 0 Å². The zero-order chi connectivity index (χ0) is 8.85. The molecule has 2 nitrogen and oxygen atoms in total. The summed E-state index contributed by atoms with van der Waals surface area (Å²) in [6.07, 6.45) is 0. The number of aliphatic hydroxyl groups is 1. The third-order valence-corrected chi connectivity index (χ3v) is 1.72. The summed E-state index contributed by atoms with van der Waals surface area (Å²) in [5.74, 6) is 0.684. The zero-order valence-electron chi connectivity index (χ0n) is 8.17. The van der Waals surface area contributed by atoms with E-state index in [0.29, 0.717) is 12.0 Å². The molecule has 2 heteroatoms. The summed E-state index contributed by atoms with van der Waals surface area (Å²) in [6, 6.07) is 0.546. The largest absolute Gasteiger partial charge is 0.395 e. The Morgan fingerprint density at radius 3 is 2.00 bits per heavy atom. The van der Waals surface area contributed by atoms with Crippen molar-refractivity contribution in [3.63, 3.8) is 0 Å². The molecule has 0 aromatic heterocycles. The van der Waals surface area contributed by atoms with Crippen molar-refractivity contribution >= 4 is 0 Å². The lowest BCUT2D eigenvalue weighted by Crippen LogP contribution is -2.36. The SMILES string of the molecule is CC(C)CN(CCO)C(C)C. The molecule has 0 fully saturated rings. The number of hydrogen-bond acceptors (Lipinski definition) is 2. The highest BCUT2D eigenvalue weighted by molar-refractivity contribution is 4.63. The fourth-order valence-corrected chi connectivity index (χ4v) is 1.16. The third-order valence-electron chi connectivity index (χ3n) is 1.72. The minimum atomic E-state index is 0.269. The van der Waals surface area contributed by atoms with Crippen LogP contribution in [-0.2, 0) is 0 Å². The van der Waals surface area contributed by atoms with Crippen LogP contribution in [0.1, 0.15) is 27.7 Å². The van der Waals surface area contributed by atoms with Gasteiger partial charge < -0.3 is 5.11 Å². The highest BCUT2D eigenvalue weighted by atomic mass is 16.3. The first-order valence-electron chi connectivity index (χ1n) is 4.42. The summed E-state index contributed by atoms with van der Waals surface area (Å²) in [4.78, 5) is 2.30. The number of nitrogens with zero attached hydrogens (tertiary/aromatic N) is 1. The van der Waals surface area contributed by atoms with Gasteiger partial charge in [0.2, 0.25) is 0 Å². The fourth-order valence-electron chi connectivity index (χ4n) is 1.16. The maximum absolute atomic E-state index is 8.76. The summed E-state index contributed by atoms with van der Waals surface area (Å²) >= 11 is 0. The second-order valence-electron chi connectivity index (χ2n) is 3.71. The number of aliphatic hydroxyl groups excluding tert-OH is 1. The van der Waals surface area contributed by atoms with E-state index < -0.39 is 0 Å². The van der Waals surface area contributed by atoms with Gasteiger partial charge in [-0.2, -0.15) is 0 Å². The predicted octanol–water partition coefficient (Wildman–Crippen LogP) is 1.35. The Morgan fingerprint density at radius 1 is 1.18 bits per heavy atom. The lowest BCUT2D eigenvalue weighted by molar-refractivity contribution is 0.151. The Hall–Kier alpha value is -0.0800. The van der Waals surface area contributed by atoms with Crippen LogP contribution in [0.4, 0.5) is 0 Å². The van der Waals surface area contributed by atoms with Gasteiger partial charge in [-0.15, -0.1) is 0 Å². The molecule has 68 valence electrons. The average molecular weight is 159 g/mol. The Balaban J connectivity index is 3.69. The van der Waals surface area contributed by atoms with Crippen LogP contribution < -0.4 is 0 Å². The summed E-state index contributed by atoms with van der Waals surface area (Å²) < 4.78 is 0. The van der Waals surface area contributed by atoms with Gasteiger partial charge >= 0.3 is 0 Å². The molecule has 0 amide bonds. The van der Waals surface area contributed by atoms with Crippen molar-refractivity contribution < 1.29 is 5.11 Å². The van der Waals surface area contributed by atoms with E-state index in [2.05, 4.69) is 32.6 Å². The van der Waals surface area contributed by atoms with E-state index in [4.69, 9.17) is 5.11 Å². The maximum atomic E-state index is 8.76. The van der Waals surface area contributed by atoms with Crippen molar-refractivity contribution in [2.75, 3.05) is 19.7 Å². The molecule has 0 bridgehead atoms. The molecule has 0 aromatic rings. The van der Waals surface area contributed by atoms with Gasteiger partial charge in [-0.25, -0.2) is 0 Å². The number of hydrogen-bond donors (Lipinski definition) is 1. The first-order valence-corrected chi connectivity index (χ1v) is 4.42. The van der Waals surface area contributed by atoms with Crippen LogP contribution in [0.25, 0.3) is 0 Å². The molecule has 0 aliphatic rings. The van der Waals surface area contributed by atoms with Crippen LogP contribution in [0.5, 0.6) is 0 Å². The van der Waals surface area contributed by atoms with E-state index >= 15 is 0 Å². The van der Waals surface area contributed by atoms with Gasteiger partial charge in [-0.05, 0) is 19.8 Å². The smallest absolute Gasteiger partial charge is 0.0558 e. The van der Waals surface area contributed by atoms with E-state index in [1.807, 2.05) is 0 Å². The first kappa shape index (κ1) is 10.9. The topological polar surface area (TPSA) is 23.5 Å². The van der Waals surface area contributed by atoms with E-state index in [-0.39, 0.29) is 6.61 Å². The normalized spacial score (nSPS) is 12.0. The van der Waals surface area contributed by atoms with Gasteiger partial charge in [0.05, 0.1) is 6.61 Å². The highest BCUT2D eigenvalue weighted by Gasteiger charge is 2.09. The van der Waals surface area contributed by atoms with Gasteiger partial charge in [0.25, 0.3) is 0 Å². The van der Waals surface area contributed by atoms with Crippen molar-refractivity contribution in [1.29, 1.82) is 0 Å². The van der Waals surface area contributed by atoms with Crippen molar-refractivity contribution in [2.24, 2.45) is 5.92 Å². The first-order chi connectivity index (χ1) is 5.07. The van der Waals surface area contributed by atoms with Crippen molar-refractivity contribution in [1.82, 2.24) is 4.90 Å². The lowest BCUT2D eigenvalue weighted by atomic mass is 10.2. The zero-order valence-corrected chi connectivity index (χ0v) is 8.17. The van der Waals surface area contributed by atoms with Crippen LogP contribution >= 0.6 is 0 Å². The monoisotopic (exact) mass is 159 g/mol. The van der Waals surface area contributed by atoms with E-state index in [1.165, 1.54) is 0 Å². The second-order valence-corrected chi connectivity index (χ2v) is 3.71. The van der Waals surface area contributed by atoms with Gasteiger partial charge in [0.1, 0.15) is 0 Å². The lowest BCUT2D eigenvalue weighted by Gasteiger charge is -2.27. The minimum Gasteiger partial charge on any atom is -0.395 e.